The molecule has 0 aliphatic heterocycles. The van der Waals surface area contributed by atoms with Crippen LogP contribution in [0.3, 0.4) is 0 Å². The van der Waals surface area contributed by atoms with Crippen molar-refractivity contribution in [3.63, 3.8) is 0 Å². The van der Waals surface area contributed by atoms with E-state index in [9.17, 15) is 9.18 Å². The van der Waals surface area contributed by atoms with Crippen LogP contribution < -0.4 is 5.32 Å². The normalized spacial score (nSPS) is 10.4. The number of nitrogens with one attached hydrogen (secondary N) is 1. The van der Waals surface area contributed by atoms with Crippen LogP contribution in [0, 0.1) is 23.1 Å². The van der Waals surface area contributed by atoms with Gasteiger partial charge in [0.1, 0.15) is 5.82 Å². The Bertz CT molecular complexity index is 463. The molecule has 0 bridgehead atoms. The molecule has 90 valence electrons. The fraction of sp³-hybridized carbons (Fsp3) is 0.357. The maximum Gasteiger partial charge on any atom is 0.226 e. The zero-order valence-corrected chi connectivity index (χ0v) is 10.3. The monoisotopic (exact) mass is 233 g/mol. The topological polar surface area (TPSA) is 29.1 Å². The van der Waals surface area contributed by atoms with Gasteiger partial charge in [0.05, 0.1) is 12.1 Å². The molecule has 2 nitrogen and oxygen atoms in total. The predicted octanol–water partition coefficient (Wildman–Crippen LogP) is 2.34. The zero-order chi connectivity index (χ0) is 12.9. The zero-order valence-electron chi connectivity index (χ0n) is 10.3. The van der Waals surface area contributed by atoms with Gasteiger partial charge in [-0.2, -0.15) is 0 Å². The summed E-state index contributed by atoms with van der Waals surface area (Å²) in [7, 11) is 0. The van der Waals surface area contributed by atoms with E-state index in [1.54, 1.807) is 18.2 Å². The highest BCUT2D eigenvalue weighted by Crippen LogP contribution is 2.11. The number of carbonyl (C=O) groups is 1. The number of benzene rings is 1. The van der Waals surface area contributed by atoms with E-state index in [4.69, 9.17) is 0 Å². The third-order valence-electron chi connectivity index (χ3n) is 2.12. The molecule has 0 aliphatic rings. The van der Waals surface area contributed by atoms with Crippen molar-refractivity contribution in [1.82, 2.24) is 5.32 Å². The van der Waals surface area contributed by atoms with Crippen molar-refractivity contribution in [1.29, 1.82) is 0 Å². The molecule has 17 heavy (non-hydrogen) atoms. The number of amides is 1. The van der Waals surface area contributed by atoms with Crippen LogP contribution in [0.4, 0.5) is 4.39 Å². The quantitative estimate of drug-likeness (QED) is 0.741. The number of halogens is 1. The van der Waals surface area contributed by atoms with E-state index < -0.39 is 5.41 Å². The summed E-state index contributed by atoms with van der Waals surface area (Å²) in [5.74, 6) is 4.99. The molecule has 3 heteroatoms. The lowest BCUT2D eigenvalue weighted by molar-refractivity contribution is -0.128. The van der Waals surface area contributed by atoms with Crippen molar-refractivity contribution < 1.29 is 9.18 Å². The fourth-order valence-electron chi connectivity index (χ4n) is 1.09. The van der Waals surface area contributed by atoms with Crippen LogP contribution in [0.5, 0.6) is 0 Å². The van der Waals surface area contributed by atoms with Gasteiger partial charge in [0.2, 0.25) is 5.91 Å². The summed E-state index contributed by atoms with van der Waals surface area (Å²) >= 11 is 0. The molecular formula is C14H16FNO. The minimum atomic E-state index is -0.431. The molecule has 1 aromatic carbocycles. The molecule has 0 unspecified atom stereocenters. The second-order valence-corrected chi connectivity index (χ2v) is 4.71. The maximum absolute atomic E-state index is 13.2. The first kappa shape index (κ1) is 13.2. The summed E-state index contributed by atoms with van der Waals surface area (Å²) in [6.45, 7) is 5.70. The molecule has 1 aromatic rings. The summed E-state index contributed by atoms with van der Waals surface area (Å²) in [4.78, 5) is 11.5. The van der Waals surface area contributed by atoms with E-state index in [0.29, 0.717) is 5.56 Å². The van der Waals surface area contributed by atoms with Gasteiger partial charge in [-0.25, -0.2) is 4.39 Å². The highest BCUT2D eigenvalue weighted by molar-refractivity contribution is 5.81. The van der Waals surface area contributed by atoms with Gasteiger partial charge in [0.25, 0.3) is 0 Å². The van der Waals surface area contributed by atoms with E-state index in [1.165, 1.54) is 6.07 Å². The summed E-state index contributed by atoms with van der Waals surface area (Å²) in [6, 6.07) is 6.30. The van der Waals surface area contributed by atoms with E-state index in [2.05, 4.69) is 17.2 Å². The van der Waals surface area contributed by atoms with Crippen LogP contribution in [0.15, 0.2) is 24.3 Å². The van der Waals surface area contributed by atoms with Crippen molar-refractivity contribution >= 4 is 5.91 Å². The molecule has 1 rings (SSSR count). The van der Waals surface area contributed by atoms with Gasteiger partial charge >= 0.3 is 0 Å². The van der Waals surface area contributed by atoms with Gasteiger partial charge in [-0.15, -0.1) is 0 Å². The van der Waals surface area contributed by atoms with Crippen LogP contribution in [0.25, 0.3) is 0 Å². The predicted molar refractivity (Wildman–Crippen MR) is 65.7 cm³/mol. The molecule has 0 saturated heterocycles. The second kappa shape index (κ2) is 5.49. The van der Waals surface area contributed by atoms with Crippen molar-refractivity contribution in [2.45, 2.75) is 20.8 Å². The third-order valence-corrected chi connectivity index (χ3v) is 2.12. The summed E-state index contributed by atoms with van der Waals surface area (Å²) in [5, 5.41) is 2.68. The van der Waals surface area contributed by atoms with Crippen molar-refractivity contribution in [3.05, 3.63) is 35.6 Å². The maximum atomic E-state index is 13.2. The average Bonchev–Trinajstić information content (AvgIpc) is 2.25. The molecule has 1 amide bonds. The van der Waals surface area contributed by atoms with E-state index >= 15 is 0 Å². The molecule has 0 atom stereocenters. The van der Waals surface area contributed by atoms with Crippen LogP contribution in [0.1, 0.15) is 26.3 Å². The minimum Gasteiger partial charge on any atom is -0.345 e. The lowest BCUT2D eigenvalue weighted by atomic mass is 9.96. The van der Waals surface area contributed by atoms with Gasteiger partial charge in [0, 0.05) is 5.41 Å². The number of hydrogen-bond acceptors (Lipinski definition) is 1. The molecule has 0 aromatic heterocycles. The Labute approximate surface area is 101 Å². The van der Waals surface area contributed by atoms with Crippen molar-refractivity contribution in [2.24, 2.45) is 5.41 Å². The summed E-state index contributed by atoms with van der Waals surface area (Å²) in [6.07, 6.45) is 0. The van der Waals surface area contributed by atoms with Gasteiger partial charge in [0.15, 0.2) is 0 Å². The fourth-order valence-corrected chi connectivity index (χ4v) is 1.09. The Morgan fingerprint density at radius 3 is 2.59 bits per heavy atom. The number of hydrogen-bond donors (Lipinski definition) is 1. The Hall–Kier alpha value is -1.82. The Morgan fingerprint density at radius 1 is 1.35 bits per heavy atom. The van der Waals surface area contributed by atoms with Gasteiger partial charge in [-0.05, 0) is 12.1 Å². The summed E-state index contributed by atoms with van der Waals surface area (Å²) < 4.78 is 13.2. The molecule has 0 spiro atoms. The molecule has 0 heterocycles. The van der Waals surface area contributed by atoms with Gasteiger partial charge < -0.3 is 5.32 Å². The first-order valence-corrected chi connectivity index (χ1v) is 5.43. The molecule has 0 aliphatic carbocycles. The first-order chi connectivity index (χ1) is 7.91. The van der Waals surface area contributed by atoms with Crippen LogP contribution in [0.2, 0.25) is 0 Å². The Balaban J connectivity index is 2.54. The van der Waals surface area contributed by atoms with Gasteiger partial charge in [-0.3, -0.25) is 4.79 Å². The molecular weight excluding hydrogens is 217 g/mol. The molecule has 1 N–H and O–H groups in total. The lowest BCUT2D eigenvalue weighted by Crippen LogP contribution is -2.34. The van der Waals surface area contributed by atoms with Gasteiger partial charge in [-0.1, -0.05) is 44.7 Å². The van der Waals surface area contributed by atoms with E-state index in [1.807, 2.05) is 20.8 Å². The highest BCUT2D eigenvalue weighted by Gasteiger charge is 2.19. The van der Waals surface area contributed by atoms with Crippen molar-refractivity contribution in [2.75, 3.05) is 6.54 Å². The first-order valence-electron chi connectivity index (χ1n) is 5.43. The van der Waals surface area contributed by atoms with Crippen LogP contribution in [-0.2, 0) is 4.79 Å². The standard InChI is InChI=1S/C14H16FNO/c1-14(2,3)13(17)16-10-6-8-11-7-4-5-9-12(11)15/h4-5,7,9H,10H2,1-3H3,(H,16,17). The smallest absolute Gasteiger partial charge is 0.226 e. The number of rotatable bonds is 1. The second-order valence-electron chi connectivity index (χ2n) is 4.71. The SMILES string of the molecule is CC(C)(C)C(=O)NCC#Cc1ccccc1F. The average molecular weight is 233 g/mol. The Morgan fingerprint density at radius 2 is 2.00 bits per heavy atom. The summed E-state index contributed by atoms with van der Waals surface area (Å²) in [5.41, 5.74) is -0.0860. The minimum absolute atomic E-state index is 0.0691. The largest absolute Gasteiger partial charge is 0.345 e. The lowest BCUT2D eigenvalue weighted by Gasteiger charge is -2.15. The highest BCUT2D eigenvalue weighted by atomic mass is 19.1. The Kier molecular flexibility index (Phi) is 4.28. The third kappa shape index (κ3) is 4.28. The van der Waals surface area contributed by atoms with Crippen LogP contribution >= 0.6 is 0 Å². The van der Waals surface area contributed by atoms with E-state index in [-0.39, 0.29) is 18.3 Å². The van der Waals surface area contributed by atoms with Crippen LogP contribution in [-0.4, -0.2) is 12.5 Å². The van der Waals surface area contributed by atoms with E-state index in [0.717, 1.165) is 0 Å². The van der Waals surface area contributed by atoms with Crippen molar-refractivity contribution in [3.8, 4) is 11.8 Å². The molecule has 0 saturated carbocycles. The molecule has 0 fully saturated rings. The molecule has 0 radical (unpaired) electrons. The number of carbonyl (C=O) groups excluding carboxylic acids is 1.